The Kier molecular flexibility index (Phi) is 10.3. The number of nitrogens with zero attached hydrogens (tertiary/aromatic N) is 4. The van der Waals surface area contributed by atoms with Crippen LogP contribution >= 0.6 is 11.6 Å². The van der Waals surface area contributed by atoms with Gasteiger partial charge in [0.2, 0.25) is 33.5 Å². The molecule has 1 aromatic carbocycles. The van der Waals surface area contributed by atoms with Gasteiger partial charge < -0.3 is 25.0 Å². The fourth-order valence-electron chi connectivity index (χ4n) is 7.89. The second kappa shape index (κ2) is 14.5. The standard InChI is InChI=1S/C39H50ClN7O8S/c1-22-9-7-8-10-24-20-39(24,34(50)45-56(52,53)38(6)13-14-38)44-31(48)29-19-26(21-47(29)33(49)30(23(2)17-22)42-36(51)55-37(3,4)5)54-32-27-18-25(40)11-12-28(27)46-16-15-41-35(46)43-32/h8,10-12,15-16,18,22-24,26,29-30H,7,9,13-14,17,19-21H2,1-6H3,(H,42,51)(H,44,48)(H,45,50)/b10-8-/t22-,23+,24+,26+,29-,30-,39+/m0/s1. The summed E-state index contributed by atoms with van der Waals surface area (Å²) < 4.78 is 41.5. The van der Waals surface area contributed by atoms with E-state index in [1.54, 1.807) is 56.6 Å². The van der Waals surface area contributed by atoms with Gasteiger partial charge in [0.15, 0.2) is 0 Å². The van der Waals surface area contributed by atoms with Gasteiger partial charge in [-0.15, -0.1) is 0 Å². The minimum atomic E-state index is -4.01. The number of carbonyl (C=O) groups excluding carboxylic acids is 4. The lowest BCUT2D eigenvalue weighted by atomic mass is 9.88. The van der Waals surface area contributed by atoms with E-state index in [0.717, 1.165) is 11.9 Å². The van der Waals surface area contributed by atoms with Crippen molar-refractivity contribution in [3.05, 3.63) is 47.8 Å². The van der Waals surface area contributed by atoms with Crippen molar-refractivity contribution in [1.29, 1.82) is 0 Å². The van der Waals surface area contributed by atoms with Crippen molar-refractivity contribution in [2.75, 3.05) is 6.54 Å². The van der Waals surface area contributed by atoms with Crippen LogP contribution in [0.5, 0.6) is 5.88 Å². The average Bonchev–Trinajstić information content (AvgIpc) is 3.89. The fourth-order valence-corrected chi connectivity index (χ4v) is 9.37. The third kappa shape index (κ3) is 7.91. The molecule has 4 amide bonds. The zero-order valence-electron chi connectivity index (χ0n) is 32.5. The van der Waals surface area contributed by atoms with Gasteiger partial charge in [-0.2, -0.15) is 4.98 Å². The molecule has 2 saturated carbocycles. The molecule has 1 saturated heterocycles. The average molecular weight is 812 g/mol. The molecular weight excluding hydrogens is 762 g/mol. The number of fused-ring (bicyclic) bond motifs is 5. The van der Waals surface area contributed by atoms with Gasteiger partial charge >= 0.3 is 6.09 Å². The van der Waals surface area contributed by atoms with E-state index < -0.39 is 73.8 Å². The lowest BCUT2D eigenvalue weighted by Gasteiger charge is -2.33. The molecule has 302 valence electrons. The van der Waals surface area contributed by atoms with Crippen LogP contribution in [0.2, 0.25) is 5.02 Å². The maximum atomic E-state index is 14.8. The summed E-state index contributed by atoms with van der Waals surface area (Å²) in [6.07, 6.45) is 8.69. The number of carbonyl (C=O) groups is 4. The predicted molar refractivity (Wildman–Crippen MR) is 208 cm³/mol. The van der Waals surface area contributed by atoms with Gasteiger partial charge in [-0.3, -0.25) is 23.5 Å². The highest BCUT2D eigenvalue weighted by atomic mass is 35.5. The van der Waals surface area contributed by atoms with Crippen molar-refractivity contribution in [2.24, 2.45) is 17.8 Å². The van der Waals surface area contributed by atoms with Crippen LogP contribution in [-0.2, 0) is 29.1 Å². The van der Waals surface area contributed by atoms with Crippen LogP contribution < -0.4 is 20.1 Å². The third-order valence-electron chi connectivity index (χ3n) is 11.5. The normalized spacial score (nSPS) is 29.9. The quantitative estimate of drug-likeness (QED) is 0.295. The molecule has 56 heavy (non-hydrogen) atoms. The molecule has 3 fully saturated rings. The number of allylic oxidation sites excluding steroid dienone is 1. The van der Waals surface area contributed by atoms with Gasteiger partial charge in [-0.1, -0.05) is 37.6 Å². The second-order valence-corrected chi connectivity index (χ2v) is 19.9. The molecule has 4 aliphatic rings. The van der Waals surface area contributed by atoms with E-state index in [4.69, 9.17) is 21.1 Å². The first-order valence-electron chi connectivity index (χ1n) is 19.2. The van der Waals surface area contributed by atoms with Crippen molar-refractivity contribution < 1.29 is 37.1 Å². The number of hydrogen-bond donors (Lipinski definition) is 3. The fraction of sp³-hybridized carbons (Fsp3) is 0.590. The Bertz CT molecular complexity index is 2220. The molecule has 7 rings (SSSR count). The molecular formula is C39H50ClN7O8S. The molecule has 0 unspecified atom stereocenters. The number of ether oxygens (including phenoxy) is 2. The van der Waals surface area contributed by atoms with E-state index >= 15 is 0 Å². The molecule has 2 aromatic heterocycles. The summed E-state index contributed by atoms with van der Waals surface area (Å²) in [5.74, 6) is -2.09. The number of sulfonamides is 1. The lowest BCUT2D eigenvalue weighted by Crippen LogP contribution is -2.59. The minimum Gasteiger partial charge on any atom is -0.472 e. The number of rotatable bonds is 6. The summed E-state index contributed by atoms with van der Waals surface area (Å²) in [4.78, 5) is 66.9. The zero-order valence-corrected chi connectivity index (χ0v) is 34.1. The summed E-state index contributed by atoms with van der Waals surface area (Å²) >= 11 is 6.41. The van der Waals surface area contributed by atoms with Crippen LogP contribution in [0, 0.1) is 17.8 Å². The van der Waals surface area contributed by atoms with Crippen LogP contribution in [-0.4, -0.2) is 92.1 Å². The summed E-state index contributed by atoms with van der Waals surface area (Å²) in [5.41, 5.74) is -1.65. The number of halogens is 1. The second-order valence-electron chi connectivity index (χ2n) is 17.3. The Morgan fingerprint density at radius 3 is 2.59 bits per heavy atom. The lowest BCUT2D eigenvalue weighted by molar-refractivity contribution is -0.142. The monoisotopic (exact) mass is 811 g/mol. The van der Waals surface area contributed by atoms with Gasteiger partial charge in [0, 0.05) is 29.8 Å². The van der Waals surface area contributed by atoms with E-state index in [1.807, 2.05) is 25.1 Å². The Balaban J connectivity index is 1.25. The Hall–Kier alpha value is -4.44. The number of nitrogens with one attached hydrogen (secondary N) is 3. The molecule has 17 heteroatoms. The van der Waals surface area contributed by atoms with Gasteiger partial charge in [0.25, 0.3) is 5.91 Å². The number of aromatic nitrogens is 3. The molecule has 7 atom stereocenters. The number of alkyl carbamates (subject to hydrolysis) is 1. The van der Waals surface area contributed by atoms with Crippen LogP contribution in [0.4, 0.5) is 4.79 Å². The molecule has 4 heterocycles. The van der Waals surface area contributed by atoms with E-state index in [2.05, 4.69) is 32.2 Å². The first kappa shape index (κ1) is 39.8. The van der Waals surface area contributed by atoms with Gasteiger partial charge in [-0.05, 0) is 96.3 Å². The Morgan fingerprint density at radius 1 is 1.12 bits per heavy atom. The Labute approximate surface area is 331 Å². The van der Waals surface area contributed by atoms with Crippen LogP contribution in [0.3, 0.4) is 0 Å². The van der Waals surface area contributed by atoms with Crippen molar-refractivity contribution >= 4 is 62.1 Å². The topological polar surface area (TPSA) is 190 Å². The van der Waals surface area contributed by atoms with Crippen LogP contribution in [0.25, 0.3) is 16.7 Å². The first-order valence-corrected chi connectivity index (χ1v) is 21.1. The molecule has 0 bridgehead atoms. The molecule has 3 N–H and O–H groups in total. The van der Waals surface area contributed by atoms with Crippen LogP contribution in [0.15, 0.2) is 42.7 Å². The van der Waals surface area contributed by atoms with E-state index in [-0.39, 0.29) is 37.1 Å². The zero-order chi connectivity index (χ0) is 40.4. The highest BCUT2D eigenvalue weighted by Gasteiger charge is 2.63. The van der Waals surface area contributed by atoms with Gasteiger partial charge in [0.05, 0.1) is 22.2 Å². The van der Waals surface area contributed by atoms with E-state index in [1.165, 1.54) is 4.90 Å². The summed E-state index contributed by atoms with van der Waals surface area (Å²) in [5, 5.41) is 6.74. The maximum Gasteiger partial charge on any atom is 0.408 e. The summed E-state index contributed by atoms with van der Waals surface area (Å²) in [7, 11) is -4.01. The first-order chi connectivity index (χ1) is 26.3. The number of imidazole rings is 1. The molecule has 2 aliphatic carbocycles. The maximum absolute atomic E-state index is 14.8. The van der Waals surface area contributed by atoms with Crippen LogP contribution in [0.1, 0.15) is 86.5 Å². The Morgan fingerprint density at radius 2 is 1.88 bits per heavy atom. The highest BCUT2D eigenvalue weighted by Crippen LogP contribution is 2.47. The van der Waals surface area contributed by atoms with Crippen molar-refractivity contribution in [3.63, 3.8) is 0 Å². The largest absolute Gasteiger partial charge is 0.472 e. The molecule has 0 spiro atoms. The number of hydrogen-bond acceptors (Lipinski definition) is 10. The highest BCUT2D eigenvalue weighted by molar-refractivity contribution is 7.91. The summed E-state index contributed by atoms with van der Waals surface area (Å²) in [6, 6.07) is 3.04. The number of amides is 4. The third-order valence-corrected chi connectivity index (χ3v) is 13.9. The molecule has 2 aliphatic heterocycles. The summed E-state index contributed by atoms with van der Waals surface area (Å²) in [6.45, 7) is 10.7. The van der Waals surface area contributed by atoms with Gasteiger partial charge in [-0.25, -0.2) is 18.2 Å². The minimum absolute atomic E-state index is 0.000547. The number of benzene rings is 1. The SMILES string of the molecule is C[C@H]1CC/C=C\[C@@H]2C[C@@]2(C(=O)NS(=O)(=O)C2(C)CC2)NC(=O)[C@@H]2C[C@@H](Oc3nc4nccn4c4ccc(Cl)cc34)CN2C(=O)[C@@H](NC(=O)OC(C)(C)C)[C@H](C)C1. The van der Waals surface area contributed by atoms with Crippen molar-refractivity contribution in [2.45, 2.75) is 121 Å². The smallest absolute Gasteiger partial charge is 0.408 e. The van der Waals surface area contributed by atoms with E-state index in [0.29, 0.717) is 41.9 Å². The predicted octanol–water partition coefficient (Wildman–Crippen LogP) is 4.66. The molecule has 0 radical (unpaired) electrons. The molecule has 15 nitrogen and oxygen atoms in total. The molecule has 3 aromatic rings. The van der Waals surface area contributed by atoms with Crippen molar-refractivity contribution in [1.82, 2.24) is 34.6 Å². The van der Waals surface area contributed by atoms with E-state index in [9.17, 15) is 27.6 Å². The van der Waals surface area contributed by atoms with Gasteiger partial charge in [0.1, 0.15) is 29.3 Å². The van der Waals surface area contributed by atoms with Crippen molar-refractivity contribution in [3.8, 4) is 5.88 Å².